The Bertz CT molecular complexity index is 1580. The highest BCUT2D eigenvalue weighted by Crippen LogP contribution is 2.31. The normalized spacial score (nSPS) is 20.8. The maximum absolute atomic E-state index is 13.4. The number of methoxy groups -OCH3 is 1. The molecule has 0 radical (unpaired) electrons. The van der Waals surface area contributed by atoms with E-state index >= 15 is 0 Å². The maximum Gasteiger partial charge on any atom is 0.338 e. The highest BCUT2D eigenvalue weighted by molar-refractivity contribution is 5.91. The van der Waals surface area contributed by atoms with Crippen LogP contribution in [-0.4, -0.2) is 68.3 Å². The highest BCUT2D eigenvalue weighted by Gasteiger charge is 2.53. The quantitative estimate of drug-likeness (QED) is 0.181. The average molecular weight is 611 g/mol. The number of esters is 4. The molecule has 0 unspecified atom stereocenters. The van der Waals surface area contributed by atoms with Crippen LogP contribution in [0.3, 0.4) is 0 Å². The lowest BCUT2D eigenvalue weighted by atomic mass is 9.97. The number of ether oxygens (including phenoxy) is 6. The van der Waals surface area contributed by atoms with Crippen molar-refractivity contribution in [3.8, 4) is 0 Å². The number of carbonyl (C=O) groups is 4. The van der Waals surface area contributed by atoms with Crippen molar-refractivity contribution in [2.75, 3.05) is 13.7 Å². The Kier molecular flexibility index (Phi) is 10.3. The summed E-state index contributed by atoms with van der Waals surface area (Å²) in [6.07, 6.45) is -6.76. The number of benzene rings is 4. The van der Waals surface area contributed by atoms with Crippen molar-refractivity contribution in [1.82, 2.24) is 0 Å². The van der Waals surface area contributed by atoms with E-state index in [-0.39, 0.29) is 22.3 Å². The van der Waals surface area contributed by atoms with E-state index in [9.17, 15) is 19.2 Å². The van der Waals surface area contributed by atoms with Crippen LogP contribution in [0.15, 0.2) is 121 Å². The van der Waals surface area contributed by atoms with Crippen molar-refractivity contribution >= 4 is 23.9 Å². The molecular formula is C35H30O10. The van der Waals surface area contributed by atoms with E-state index < -0.39 is 61.2 Å². The SMILES string of the molecule is CO[C@@H]1O[C@H](COC(=O)c2ccccc2)[C@@H](OC(=O)c2ccccc2)[C@H](OC(=O)c2ccccc2)[C@@H]1OC(=O)c1ccccc1. The van der Waals surface area contributed by atoms with E-state index in [1.165, 1.54) is 7.11 Å². The maximum atomic E-state index is 13.4. The minimum Gasteiger partial charge on any atom is -0.459 e. The topological polar surface area (TPSA) is 124 Å². The molecule has 230 valence electrons. The van der Waals surface area contributed by atoms with Crippen LogP contribution in [0.5, 0.6) is 0 Å². The second-order valence-corrected chi connectivity index (χ2v) is 9.95. The molecule has 1 saturated heterocycles. The average Bonchev–Trinajstić information content (AvgIpc) is 3.10. The lowest BCUT2D eigenvalue weighted by molar-refractivity contribution is -0.291. The Morgan fingerprint density at radius 1 is 0.511 bits per heavy atom. The summed E-state index contributed by atoms with van der Waals surface area (Å²) in [5.74, 6) is -2.96. The number of rotatable bonds is 10. The van der Waals surface area contributed by atoms with Gasteiger partial charge in [-0.25, -0.2) is 19.2 Å². The second kappa shape index (κ2) is 14.9. The minimum atomic E-state index is -1.45. The summed E-state index contributed by atoms with van der Waals surface area (Å²) in [5, 5.41) is 0. The van der Waals surface area contributed by atoms with Gasteiger partial charge in [0.05, 0.1) is 22.3 Å². The zero-order valence-electron chi connectivity index (χ0n) is 24.2. The summed E-state index contributed by atoms with van der Waals surface area (Å²) in [6.45, 7) is -0.418. The largest absolute Gasteiger partial charge is 0.459 e. The summed E-state index contributed by atoms with van der Waals surface area (Å²) in [4.78, 5) is 52.8. The molecular weight excluding hydrogens is 580 g/mol. The van der Waals surface area contributed by atoms with Crippen molar-refractivity contribution in [3.05, 3.63) is 144 Å². The van der Waals surface area contributed by atoms with Crippen LogP contribution in [0.1, 0.15) is 41.4 Å². The van der Waals surface area contributed by atoms with Crippen LogP contribution in [0.4, 0.5) is 0 Å². The monoisotopic (exact) mass is 610 g/mol. The molecule has 0 spiro atoms. The van der Waals surface area contributed by atoms with Gasteiger partial charge >= 0.3 is 23.9 Å². The predicted molar refractivity (Wildman–Crippen MR) is 159 cm³/mol. The van der Waals surface area contributed by atoms with Gasteiger partial charge in [0.1, 0.15) is 12.7 Å². The van der Waals surface area contributed by atoms with Gasteiger partial charge in [-0.1, -0.05) is 72.8 Å². The molecule has 4 aromatic carbocycles. The molecule has 5 rings (SSSR count). The molecule has 0 aliphatic carbocycles. The lowest BCUT2D eigenvalue weighted by Gasteiger charge is -2.44. The van der Waals surface area contributed by atoms with Gasteiger partial charge in [-0.2, -0.15) is 0 Å². The van der Waals surface area contributed by atoms with Crippen molar-refractivity contribution in [2.45, 2.75) is 30.7 Å². The highest BCUT2D eigenvalue weighted by atomic mass is 16.7. The van der Waals surface area contributed by atoms with Crippen molar-refractivity contribution in [1.29, 1.82) is 0 Å². The Morgan fingerprint density at radius 2 is 0.867 bits per heavy atom. The van der Waals surface area contributed by atoms with Gasteiger partial charge in [0.15, 0.2) is 24.6 Å². The van der Waals surface area contributed by atoms with Crippen molar-refractivity contribution in [3.63, 3.8) is 0 Å². The predicted octanol–water partition coefficient (Wildman–Crippen LogP) is 4.89. The first-order valence-electron chi connectivity index (χ1n) is 14.1. The number of carbonyl (C=O) groups excluding carboxylic acids is 4. The molecule has 5 atom stereocenters. The summed E-state index contributed by atoms with van der Waals surface area (Å²) in [6, 6.07) is 32.7. The van der Waals surface area contributed by atoms with E-state index in [2.05, 4.69) is 0 Å². The van der Waals surface area contributed by atoms with Gasteiger partial charge in [-0.15, -0.1) is 0 Å². The molecule has 1 heterocycles. The Balaban J connectivity index is 1.50. The Labute approximate surface area is 259 Å². The Morgan fingerprint density at radius 3 is 1.27 bits per heavy atom. The lowest BCUT2D eigenvalue weighted by Crippen LogP contribution is -2.63. The standard InChI is InChI=1S/C35H30O10/c1-40-35-30(45-34(39)26-20-12-5-13-21-26)29(44-33(38)25-18-10-4-11-19-25)28(43-32(37)24-16-8-3-9-17-24)27(42-35)22-41-31(36)23-14-6-2-7-15-23/h2-21,27-30,35H,22H2,1H3/t27-,28-,29+,30+,35-/m1/s1. The van der Waals surface area contributed by atoms with Gasteiger partial charge in [0.25, 0.3) is 0 Å². The first kappa shape index (κ1) is 31.1. The molecule has 10 nitrogen and oxygen atoms in total. The second-order valence-electron chi connectivity index (χ2n) is 9.95. The molecule has 0 aromatic heterocycles. The molecule has 45 heavy (non-hydrogen) atoms. The van der Waals surface area contributed by atoms with Gasteiger partial charge in [-0.3, -0.25) is 0 Å². The van der Waals surface area contributed by atoms with Gasteiger partial charge in [0.2, 0.25) is 0 Å². The van der Waals surface area contributed by atoms with E-state index in [0.29, 0.717) is 0 Å². The minimum absolute atomic E-state index is 0.200. The van der Waals surface area contributed by atoms with Crippen LogP contribution in [0.25, 0.3) is 0 Å². The van der Waals surface area contributed by atoms with Gasteiger partial charge < -0.3 is 28.4 Å². The summed E-state index contributed by atoms with van der Waals surface area (Å²) in [5.41, 5.74) is 0.914. The van der Waals surface area contributed by atoms with E-state index in [4.69, 9.17) is 28.4 Å². The van der Waals surface area contributed by atoms with Crippen molar-refractivity contribution in [2.24, 2.45) is 0 Å². The third-order valence-electron chi connectivity index (χ3n) is 6.97. The van der Waals surface area contributed by atoms with E-state index in [1.807, 2.05) is 0 Å². The smallest absolute Gasteiger partial charge is 0.338 e. The fourth-order valence-electron chi connectivity index (χ4n) is 4.72. The first-order chi connectivity index (χ1) is 21.9. The molecule has 1 fully saturated rings. The molecule has 1 aliphatic heterocycles. The third-order valence-corrected chi connectivity index (χ3v) is 6.97. The molecule has 0 amide bonds. The zero-order chi connectivity index (χ0) is 31.6. The van der Waals surface area contributed by atoms with E-state index in [1.54, 1.807) is 121 Å². The number of hydrogen-bond donors (Lipinski definition) is 0. The van der Waals surface area contributed by atoms with Crippen LogP contribution in [-0.2, 0) is 28.4 Å². The molecule has 1 aliphatic rings. The summed E-state index contributed by atoms with van der Waals surface area (Å²) >= 11 is 0. The molecule has 4 aromatic rings. The fourth-order valence-corrected chi connectivity index (χ4v) is 4.72. The Hall–Kier alpha value is -5.32. The molecule has 0 N–H and O–H groups in total. The van der Waals surface area contributed by atoms with Crippen LogP contribution < -0.4 is 0 Å². The number of hydrogen-bond acceptors (Lipinski definition) is 10. The van der Waals surface area contributed by atoms with Crippen LogP contribution in [0.2, 0.25) is 0 Å². The molecule has 0 saturated carbocycles. The zero-order valence-corrected chi connectivity index (χ0v) is 24.2. The van der Waals surface area contributed by atoms with Gasteiger partial charge in [0, 0.05) is 7.11 Å². The summed E-state index contributed by atoms with van der Waals surface area (Å²) < 4.78 is 34.9. The van der Waals surface area contributed by atoms with Gasteiger partial charge in [-0.05, 0) is 48.5 Å². The fraction of sp³-hybridized carbons (Fsp3) is 0.200. The van der Waals surface area contributed by atoms with Crippen LogP contribution >= 0.6 is 0 Å². The first-order valence-corrected chi connectivity index (χ1v) is 14.1. The molecule has 10 heteroatoms. The molecule has 0 bridgehead atoms. The summed E-state index contributed by atoms with van der Waals surface area (Å²) in [7, 11) is 1.31. The van der Waals surface area contributed by atoms with E-state index in [0.717, 1.165) is 0 Å². The van der Waals surface area contributed by atoms with Crippen molar-refractivity contribution < 1.29 is 47.6 Å². The third kappa shape index (κ3) is 7.80. The van der Waals surface area contributed by atoms with Crippen LogP contribution in [0, 0.1) is 0 Å².